The van der Waals surface area contributed by atoms with E-state index in [9.17, 15) is 33.5 Å². The number of fused-ring (bicyclic) bond motifs is 5. The third-order valence-electron chi connectivity index (χ3n) is 10.0. The van der Waals surface area contributed by atoms with Crippen molar-refractivity contribution in [3.05, 3.63) is 82.6 Å². The Hall–Kier alpha value is -4.57. The summed E-state index contributed by atoms with van der Waals surface area (Å²) in [5, 5.41) is 11.6. The van der Waals surface area contributed by atoms with Crippen molar-refractivity contribution in [3.8, 4) is 5.75 Å². The van der Waals surface area contributed by atoms with Crippen molar-refractivity contribution in [2.45, 2.75) is 25.7 Å². The zero-order valence-electron chi connectivity index (χ0n) is 23.6. The predicted octanol–water partition coefficient (Wildman–Crippen LogP) is 5.34. The average Bonchev–Trinajstić information content (AvgIpc) is 3.38. The normalized spacial score (nSPS) is 29.5. The minimum atomic E-state index is -1.36. The van der Waals surface area contributed by atoms with E-state index < -0.39 is 70.5 Å². The van der Waals surface area contributed by atoms with Gasteiger partial charge in [0.1, 0.15) is 11.6 Å². The zero-order valence-corrected chi connectivity index (χ0v) is 24.4. The largest absolute Gasteiger partial charge is 0.507 e. The molecule has 1 saturated carbocycles. The Labute approximate surface area is 255 Å². The molecule has 0 spiro atoms. The number of amides is 5. The lowest BCUT2D eigenvalue weighted by molar-refractivity contribution is -0.138. The Morgan fingerprint density at radius 2 is 1.73 bits per heavy atom. The van der Waals surface area contributed by atoms with Crippen molar-refractivity contribution in [1.82, 2.24) is 4.90 Å². The molecular formula is C33H26ClFN2O7. The molecule has 2 heterocycles. The monoisotopic (exact) mass is 616 g/mol. The molecule has 6 unspecified atom stereocenters. The molecule has 5 amide bonds. The molecule has 3 aromatic rings. The number of nitrogens with zero attached hydrogens (tertiary/aromatic N) is 2. The second kappa shape index (κ2) is 9.72. The summed E-state index contributed by atoms with van der Waals surface area (Å²) in [6.07, 6.45) is 1.02. The standard InChI is InChI=1S/C33H26ClFN2O7/c1-33-22(29(40)36(31(33)42)15-7-11-24(35)23(34)13-15)14-21-19(8-9-20-26(21)30(41)37(28(20)39)32(43)44-2)27(33)18-10-12-25(38)17-6-4-3-5-16(17)18/h3-8,10-13,20-22,26-27,38H,9,14H2,1-2H3. The Morgan fingerprint density at radius 1 is 1.00 bits per heavy atom. The lowest BCUT2D eigenvalue weighted by Crippen LogP contribution is -2.49. The van der Waals surface area contributed by atoms with E-state index >= 15 is 0 Å². The van der Waals surface area contributed by atoms with Crippen molar-refractivity contribution in [2.24, 2.45) is 29.1 Å². The number of hydrogen-bond donors (Lipinski definition) is 1. The van der Waals surface area contributed by atoms with Crippen molar-refractivity contribution >= 4 is 57.8 Å². The first-order valence-electron chi connectivity index (χ1n) is 14.2. The fraction of sp³-hybridized carbons (Fsp3) is 0.303. The number of methoxy groups -OCH3 is 1. The summed E-state index contributed by atoms with van der Waals surface area (Å²) >= 11 is 6.05. The number of carbonyl (C=O) groups is 5. The lowest BCUT2D eigenvalue weighted by atomic mass is 9.51. The maximum Gasteiger partial charge on any atom is 0.423 e. The summed E-state index contributed by atoms with van der Waals surface area (Å²) in [7, 11) is 1.09. The minimum Gasteiger partial charge on any atom is -0.507 e. The van der Waals surface area contributed by atoms with Crippen LogP contribution in [0.15, 0.2) is 66.2 Å². The highest BCUT2D eigenvalue weighted by Crippen LogP contribution is 2.64. The van der Waals surface area contributed by atoms with Crippen LogP contribution in [0, 0.1) is 34.9 Å². The van der Waals surface area contributed by atoms with E-state index in [1.807, 2.05) is 12.1 Å². The molecule has 3 fully saturated rings. The molecule has 0 radical (unpaired) electrons. The van der Waals surface area contributed by atoms with Gasteiger partial charge in [0.25, 0.3) is 0 Å². The van der Waals surface area contributed by atoms with Crippen LogP contribution in [0.2, 0.25) is 5.02 Å². The molecule has 2 aliphatic heterocycles. The van der Waals surface area contributed by atoms with E-state index in [4.69, 9.17) is 16.3 Å². The maximum atomic E-state index is 14.6. The summed E-state index contributed by atoms with van der Waals surface area (Å²) in [6.45, 7) is 1.72. The quantitative estimate of drug-likeness (QED) is 0.305. The van der Waals surface area contributed by atoms with Gasteiger partial charge >= 0.3 is 6.09 Å². The number of anilines is 1. The summed E-state index contributed by atoms with van der Waals surface area (Å²) in [4.78, 5) is 69.8. The first-order valence-corrected chi connectivity index (χ1v) is 14.6. The molecule has 6 atom stereocenters. The molecule has 0 bridgehead atoms. The zero-order chi connectivity index (χ0) is 31.2. The third kappa shape index (κ3) is 3.60. The van der Waals surface area contributed by atoms with Crippen LogP contribution < -0.4 is 4.90 Å². The van der Waals surface area contributed by atoms with Crippen molar-refractivity contribution < 1.29 is 38.2 Å². The second-order valence-electron chi connectivity index (χ2n) is 12.0. The van der Waals surface area contributed by atoms with Crippen molar-refractivity contribution in [1.29, 1.82) is 0 Å². The SMILES string of the molecule is COC(=O)N1C(=O)C2CC=C3C(CC4C(=O)N(c5ccc(F)c(Cl)c5)C(=O)C4(C)C3c3ccc(O)c4ccccc34)C2C1=O. The molecule has 4 aliphatic rings. The van der Waals surface area contributed by atoms with E-state index in [0.29, 0.717) is 26.8 Å². The predicted molar refractivity (Wildman–Crippen MR) is 156 cm³/mol. The first kappa shape index (κ1) is 28.2. The van der Waals surface area contributed by atoms with Crippen LogP contribution in [-0.2, 0) is 23.9 Å². The summed E-state index contributed by atoms with van der Waals surface area (Å²) in [5.41, 5.74) is 0.145. The van der Waals surface area contributed by atoms with Gasteiger partial charge in [-0.25, -0.2) is 14.1 Å². The number of carbonyl (C=O) groups excluding carboxylic acids is 5. The number of imide groups is 4. The van der Waals surface area contributed by atoms with Crippen LogP contribution in [-0.4, -0.2) is 46.8 Å². The fourth-order valence-corrected chi connectivity index (χ4v) is 8.23. The Bertz CT molecular complexity index is 1870. The van der Waals surface area contributed by atoms with Crippen LogP contribution in [0.1, 0.15) is 31.2 Å². The van der Waals surface area contributed by atoms with Crippen molar-refractivity contribution in [3.63, 3.8) is 0 Å². The number of likely N-dealkylation sites (tertiary alicyclic amines) is 1. The number of aromatic hydroxyl groups is 1. The van der Waals surface area contributed by atoms with Gasteiger partial charge in [-0.3, -0.25) is 19.2 Å². The Kier molecular flexibility index (Phi) is 6.23. The van der Waals surface area contributed by atoms with E-state index in [-0.39, 0.29) is 29.3 Å². The number of rotatable bonds is 2. The highest BCUT2D eigenvalue weighted by atomic mass is 35.5. The second-order valence-corrected chi connectivity index (χ2v) is 12.4. The van der Waals surface area contributed by atoms with Crippen LogP contribution in [0.3, 0.4) is 0 Å². The smallest absolute Gasteiger partial charge is 0.423 e. The average molecular weight is 617 g/mol. The molecule has 2 saturated heterocycles. The van der Waals surface area contributed by atoms with E-state index in [0.717, 1.165) is 18.1 Å². The van der Waals surface area contributed by atoms with Gasteiger partial charge in [0.2, 0.25) is 23.6 Å². The van der Waals surface area contributed by atoms with Gasteiger partial charge in [-0.05, 0) is 60.9 Å². The minimum absolute atomic E-state index is 0.0396. The van der Waals surface area contributed by atoms with Gasteiger partial charge in [0.05, 0.1) is 41.0 Å². The van der Waals surface area contributed by atoms with E-state index in [1.165, 1.54) is 18.2 Å². The number of ether oxygens (including phenoxy) is 1. The summed E-state index contributed by atoms with van der Waals surface area (Å²) in [5.74, 6) is -7.14. The lowest BCUT2D eigenvalue weighted by Gasteiger charge is -2.49. The highest BCUT2D eigenvalue weighted by molar-refractivity contribution is 6.31. The molecule has 9 nitrogen and oxygen atoms in total. The maximum absolute atomic E-state index is 14.6. The van der Waals surface area contributed by atoms with Crippen LogP contribution in [0.5, 0.6) is 5.75 Å². The van der Waals surface area contributed by atoms with E-state index in [2.05, 4.69) is 0 Å². The van der Waals surface area contributed by atoms with Gasteiger partial charge in [-0.1, -0.05) is 53.6 Å². The van der Waals surface area contributed by atoms with Gasteiger partial charge in [0, 0.05) is 11.3 Å². The number of halogens is 2. The molecule has 3 aromatic carbocycles. The molecule has 44 heavy (non-hydrogen) atoms. The van der Waals surface area contributed by atoms with Gasteiger partial charge in [0.15, 0.2) is 0 Å². The fourth-order valence-electron chi connectivity index (χ4n) is 8.06. The van der Waals surface area contributed by atoms with Gasteiger partial charge < -0.3 is 9.84 Å². The molecular weight excluding hydrogens is 591 g/mol. The molecule has 0 aromatic heterocycles. The number of allylic oxidation sites excluding steroid dienone is 2. The summed E-state index contributed by atoms with van der Waals surface area (Å²) < 4.78 is 18.8. The summed E-state index contributed by atoms with van der Waals surface area (Å²) in [6, 6.07) is 14.0. The molecule has 2 aliphatic carbocycles. The highest BCUT2D eigenvalue weighted by Gasteiger charge is 2.68. The topological polar surface area (TPSA) is 121 Å². The molecule has 11 heteroatoms. The molecule has 7 rings (SSSR count). The Morgan fingerprint density at radius 3 is 2.43 bits per heavy atom. The van der Waals surface area contributed by atoms with E-state index in [1.54, 1.807) is 31.2 Å². The van der Waals surface area contributed by atoms with Crippen molar-refractivity contribution in [2.75, 3.05) is 12.0 Å². The number of hydrogen-bond acceptors (Lipinski definition) is 7. The first-order chi connectivity index (χ1) is 21.0. The number of benzene rings is 3. The third-order valence-corrected chi connectivity index (χ3v) is 10.3. The molecule has 224 valence electrons. The number of phenolic OH excluding ortho intramolecular Hbond substituents is 1. The Balaban J connectivity index is 1.44. The van der Waals surface area contributed by atoms with Crippen LogP contribution in [0.4, 0.5) is 14.9 Å². The van der Waals surface area contributed by atoms with Gasteiger partial charge in [-0.15, -0.1) is 0 Å². The van der Waals surface area contributed by atoms with Crippen LogP contribution >= 0.6 is 11.6 Å². The molecule has 1 N–H and O–H groups in total. The van der Waals surface area contributed by atoms with Gasteiger partial charge in [-0.2, -0.15) is 4.90 Å². The number of phenols is 1. The van der Waals surface area contributed by atoms with Crippen LogP contribution in [0.25, 0.3) is 10.8 Å².